The van der Waals surface area contributed by atoms with Gasteiger partial charge in [-0.3, -0.25) is 4.79 Å². The Kier molecular flexibility index (Phi) is 6.57. The molecule has 5 heteroatoms. The molecule has 0 unspecified atom stereocenters. The summed E-state index contributed by atoms with van der Waals surface area (Å²) in [4.78, 5) is 24.2. The van der Waals surface area contributed by atoms with E-state index in [0.29, 0.717) is 29.5 Å². The maximum Gasteiger partial charge on any atom is 0.338 e. The molecular weight excluding hydrogens is 318 g/mol. The van der Waals surface area contributed by atoms with E-state index < -0.39 is 12.1 Å². The lowest BCUT2D eigenvalue weighted by Crippen LogP contribution is -2.29. The monoisotopic (exact) mass is 341 g/mol. The van der Waals surface area contributed by atoms with Gasteiger partial charge >= 0.3 is 5.97 Å². The minimum Gasteiger partial charge on any atom is -0.493 e. The van der Waals surface area contributed by atoms with E-state index in [9.17, 15) is 9.59 Å². The highest BCUT2D eigenvalue weighted by molar-refractivity contribution is 5.97. The minimum absolute atomic E-state index is 0.372. The average Bonchev–Trinajstić information content (AvgIpc) is 2.61. The van der Waals surface area contributed by atoms with Gasteiger partial charge in [0.15, 0.2) is 6.10 Å². The SMILES string of the molecule is CC(C)COc1ccc(C(=O)O[C@@H](C)C(=O)Nc2ccccc2)cc1. The Morgan fingerprint density at radius 3 is 2.20 bits per heavy atom. The first kappa shape index (κ1) is 18.5. The van der Waals surface area contributed by atoms with Crippen LogP contribution in [0, 0.1) is 5.92 Å². The predicted octanol–water partition coefficient (Wildman–Crippen LogP) is 3.91. The summed E-state index contributed by atoms with van der Waals surface area (Å²) in [7, 11) is 0. The second kappa shape index (κ2) is 8.87. The van der Waals surface area contributed by atoms with Crippen molar-refractivity contribution in [2.24, 2.45) is 5.92 Å². The van der Waals surface area contributed by atoms with Crippen LogP contribution in [-0.2, 0) is 9.53 Å². The van der Waals surface area contributed by atoms with Gasteiger partial charge in [0.1, 0.15) is 5.75 Å². The molecule has 0 aliphatic heterocycles. The van der Waals surface area contributed by atoms with Crippen molar-refractivity contribution in [2.45, 2.75) is 26.9 Å². The van der Waals surface area contributed by atoms with E-state index in [2.05, 4.69) is 19.2 Å². The Labute approximate surface area is 148 Å². The number of hydrogen-bond donors (Lipinski definition) is 1. The van der Waals surface area contributed by atoms with Crippen LogP contribution in [0.15, 0.2) is 54.6 Å². The summed E-state index contributed by atoms with van der Waals surface area (Å²) in [5.41, 5.74) is 1.03. The summed E-state index contributed by atoms with van der Waals surface area (Å²) < 4.78 is 10.8. The standard InChI is InChI=1S/C20H23NO4/c1-14(2)13-24-18-11-9-16(10-12-18)20(23)25-15(3)19(22)21-17-7-5-4-6-8-17/h4-12,14-15H,13H2,1-3H3,(H,21,22)/t15-/m0/s1. The number of rotatable bonds is 7. The molecule has 2 rings (SSSR count). The summed E-state index contributed by atoms with van der Waals surface area (Å²) in [6, 6.07) is 15.7. The zero-order valence-corrected chi connectivity index (χ0v) is 14.7. The maximum absolute atomic E-state index is 12.1. The minimum atomic E-state index is -0.899. The number of esters is 1. The molecule has 0 saturated carbocycles. The van der Waals surface area contributed by atoms with E-state index in [-0.39, 0.29) is 5.91 Å². The molecule has 25 heavy (non-hydrogen) atoms. The van der Waals surface area contributed by atoms with Gasteiger partial charge in [0.25, 0.3) is 5.91 Å². The molecule has 0 heterocycles. The van der Waals surface area contributed by atoms with Crippen molar-refractivity contribution in [3.63, 3.8) is 0 Å². The molecule has 0 radical (unpaired) electrons. The fourth-order valence-electron chi connectivity index (χ4n) is 2.00. The third-order valence-electron chi connectivity index (χ3n) is 3.37. The number of hydrogen-bond acceptors (Lipinski definition) is 4. The van der Waals surface area contributed by atoms with Crippen LogP contribution in [0.1, 0.15) is 31.1 Å². The smallest absolute Gasteiger partial charge is 0.338 e. The number of anilines is 1. The highest BCUT2D eigenvalue weighted by Gasteiger charge is 2.19. The van der Waals surface area contributed by atoms with Gasteiger partial charge in [-0.15, -0.1) is 0 Å². The van der Waals surface area contributed by atoms with E-state index in [4.69, 9.17) is 9.47 Å². The zero-order valence-electron chi connectivity index (χ0n) is 14.7. The first-order chi connectivity index (χ1) is 12.0. The number of carbonyl (C=O) groups excluding carboxylic acids is 2. The van der Waals surface area contributed by atoms with Gasteiger partial charge in [-0.25, -0.2) is 4.79 Å². The molecule has 0 aromatic heterocycles. The van der Waals surface area contributed by atoms with Gasteiger partial charge in [0.05, 0.1) is 12.2 Å². The van der Waals surface area contributed by atoms with E-state index >= 15 is 0 Å². The fraction of sp³-hybridized carbons (Fsp3) is 0.300. The van der Waals surface area contributed by atoms with Crippen LogP contribution in [0.2, 0.25) is 0 Å². The number of benzene rings is 2. The molecular formula is C20H23NO4. The fourth-order valence-corrected chi connectivity index (χ4v) is 2.00. The van der Waals surface area contributed by atoms with Crippen molar-refractivity contribution in [2.75, 3.05) is 11.9 Å². The zero-order chi connectivity index (χ0) is 18.2. The van der Waals surface area contributed by atoms with Crippen molar-refractivity contribution >= 4 is 17.6 Å². The molecule has 2 aromatic rings. The van der Waals surface area contributed by atoms with Gasteiger partial charge in [0, 0.05) is 5.69 Å². The van der Waals surface area contributed by atoms with Gasteiger partial charge in [-0.05, 0) is 49.2 Å². The molecule has 0 aliphatic rings. The Balaban J connectivity index is 1.88. The lowest BCUT2D eigenvalue weighted by atomic mass is 10.2. The lowest BCUT2D eigenvalue weighted by molar-refractivity contribution is -0.123. The number of amides is 1. The van der Waals surface area contributed by atoms with Crippen molar-refractivity contribution in [1.29, 1.82) is 0 Å². The van der Waals surface area contributed by atoms with E-state index in [0.717, 1.165) is 0 Å². The summed E-state index contributed by atoms with van der Waals surface area (Å²) in [5, 5.41) is 2.70. The summed E-state index contributed by atoms with van der Waals surface area (Å²) in [6.07, 6.45) is -0.899. The van der Waals surface area contributed by atoms with E-state index in [1.165, 1.54) is 6.92 Å². The maximum atomic E-state index is 12.1. The van der Waals surface area contributed by atoms with Gasteiger partial charge in [-0.2, -0.15) is 0 Å². The average molecular weight is 341 g/mol. The van der Waals surface area contributed by atoms with Crippen LogP contribution < -0.4 is 10.1 Å². The van der Waals surface area contributed by atoms with Gasteiger partial charge < -0.3 is 14.8 Å². The normalized spacial score (nSPS) is 11.7. The topological polar surface area (TPSA) is 64.6 Å². The molecule has 0 aliphatic carbocycles. The molecule has 2 aromatic carbocycles. The molecule has 0 bridgehead atoms. The molecule has 1 amide bonds. The Hall–Kier alpha value is -2.82. The van der Waals surface area contributed by atoms with Crippen LogP contribution >= 0.6 is 0 Å². The molecule has 1 N–H and O–H groups in total. The van der Waals surface area contributed by atoms with E-state index in [1.54, 1.807) is 36.4 Å². The van der Waals surface area contributed by atoms with Crippen molar-refractivity contribution in [3.8, 4) is 5.75 Å². The van der Waals surface area contributed by atoms with Crippen molar-refractivity contribution < 1.29 is 19.1 Å². The van der Waals surface area contributed by atoms with Crippen molar-refractivity contribution in [1.82, 2.24) is 0 Å². The summed E-state index contributed by atoms with van der Waals surface area (Å²) in [5.74, 6) is 0.191. The van der Waals surface area contributed by atoms with Crippen LogP contribution in [0.25, 0.3) is 0 Å². The highest BCUT2D eigenvalue weighted by atomic mass is 16.5. The third-order valence-corrected chi connectivity index (χ3v) is 3.37. The first-order valence-electron chi connectivity index (χ1n) is 8.25. The van der Waals surface area contributed by atoms with Gasteiger partial charge in [0.2, 0.25) is 0 Å². The largest absolute Gasteiger partial charge is 0.493 e. The summed E-state index contributed by atoms with van der Waals surface area (Å²) in [6.45, 7) is 6.28. The Bertz CT molecular complexity index is 695. The second-order valence-corrected chi connectivity index (χ2v) is 6.13. The van der Waals surface area contributed by atoms with Crippen LogP contribution in [0.4, 0.5) is 5.69 Å². The molecule has 0 spiro atoms. The summed E-state index contributed by atoms with van der Waals surface area (Å²) >= 11 is 0. The van der Waals surface area contributed by atoms with Crippen LogP contribution in [0.3, 0.4) is 0 Å². The number of carbonyl (C=O) groups is 2. The second-order valence-electron chi connectivity index (χ2n) is 6.13. The molecule has 0 fully saturated rings. The van der Waals surface area contributed by atoms with Crippen molar-refractivity contribution in [3.05, 3.63) is 60.2 Å². The highest BCUT2D eigenvalue weighted by Crippen LogP contribution is 2.15. The Morgan fingerprint density at radius 1 is 0.960 bits per heavy atom. The molecule has 5 nitrogen and oxygen atoms in total. The lowest BCUT2D eigenvalue weighted by Gasteiger charge is -2.14. The van der Waals surface area contributed by atoms with E-state index in [1.807, 2.05) is 18.2 Å². The molecule has 1 atom stereocenters. The van der Waals surface area contributed by atoms with Crippen LogP contribution in [-0.4, -0.2) is 24.6 Å². The van der Waals surface area contributed by atoms with Gasteiger partial charge in [-0.1, -0.05) is 32.0 Å². The number of para-hydroxylation sites is 1. The molecule has 0 saturated heterocycles. The number of ether oxygens (including phenoxy) is 2. The van der Waals surface area contributed by atoms with Crippen LogP contribution in [0.5, 0.6) is 5.75 Å². The first-order valence-corrected chi connectivity index (χ1v) is 8.25. The Morgan fingerprint density at radius 2 is 1.60 bits per heavy atom. The third kappa shape index (κ3) is 5.95. The quantitative estimate of drug-likeness (QED) is 0.776. The molecule has 132 valence electrons. The number of nitrogens with one attached hydrogen (secondary N) is 1. The predicted molar refractivity (Wildman–Crippen MR) is 96.7 cm³/mol.